The zero-order valence-corrected chi connectivity index (χ0v) is 15.4. The molecule has 1 aromatic heterocycles. The van der Waals surface area contributed by atoms with E-state index in [9.17, 15) is 9.59 Å². The van der Waals surface area contributed by atoms with Crippen molar-refractivity contribution in [2.24, 2.45) is 0 Å². The minimum Gasteiger partial charge on any atom is -0.361 e. The highest BCUT2D eigenvalue weighted by molar-refractivity contribution is 5.93. The molecule has 0 aliphatic heterocycles. The standard InChI is InChI=1S/C20H22N4O2/c1-13-8-7-11-17(14(13)2)21-18(25)12-24-20(26)16-10-6-5-9-15(16)19(22-24)23(3)4/h5-11H,12H2,1-4H3,(H,21,25). The normalized spacial score (nSPS) is 10.8. The first-order valence-electron chi connectivity index (χ1n) is 8.41. The first-order chi connectivity index (χ1) is 12.4. The van der Waals surface area contributed by atoms with Gasteiger partial charge in [-0.25, -0.2) is 4.68 Å². The van der Waals surface area contributed by atoms with Crippen molar-refractivity contribution < 1.29 is 4.79 Å². The van der Waals surface area contributed by atoms with Crippen LogP contribution in [-0.2, 0) is 11.3 Å². The highest BCUT2D eigenvalue weighted by atomic mass is 16.2. The van der Waals surface area contributed by atoms with Crippen LogP contribution in [0.15, 0.2) is 47.3 Å². The maximum Gasteiger partial charge on any atom is 0.275 e. The molecule has 134 valence electrons. The van der Waals surface area contributed by atoms with E-state index in [0.29, 0.717) is 11.2 Å². The first-order valence-corrected chi connectivity index (χ1v) is 8.41. The fourth-order valence-corrected chi connectivity index (χ4v) is 2.87. The maximum atomic E-state index is 12.7. The van der Waals surface area contributed by atoms with Crippen molar-refractivity contribution in [3.05, 3.63) is 63.9 Å². The lowest BCUT2D eigenvalue weighted by atomic mass is 10.1. The Morgan fingerprint density at radius 3 is 2.46 bits per heavy atom. The molecule has 6 heteroatoms. The van der Waals surface area contributed by atoms with Gasteiger partial charge in [-0.1, -0.05) is 30.3 Å². The Hall–Kier alpha value is -3.15. The summed E-state index contributed by atoms with van der Waals surface area (Å²) in [7, 11) is 3.72. The van der Waals surface area contributed by atoms with Gasteiger partial charge in [-0.05, 0) is 37.1 Å². The molecule has 0 fully saturated rings. The van der Waals surface area contributed by atoms with Crippen molar-refractivity contribution in [3.8, 4) is 0 Å². The summed E-state index contributed by atoms with van der Waals surface area (Å²) in [5.74, 6) is 0.369. The Kier molecular flexibility index (Phi) is 4.75. The topological polar surface area (TPSA) is 67.2 Å². The number of carbonyl (C=O) groups excluding carboxylic acids is 1. The van der Waals surface area contributed by atoms with E-state index in [1.165, 1.54) is 4.68 Å². The fourth-order valence-electron chi connectivity index (χ4n) is 2.87. The Bertz CT molecular complexity index is 1040. The Labute approximate surface area is 152 Å². The number of benzene rings is 2. The van der Waals surface area contributed by atoms with Crippen molar-refractivity contribution in [1.29, 1.82) is 0 Å². The van der Waals surface area contributed by atoms with Gasteiger partial charge in [0.2, 0.25) is 5.91 Å². The molecule has 0 saturated carbocycles. The zero-order valence-electron chi connectivity index (χ0n) is 15.4. The number of nitrogens with zero attached hydrogens (tertiary/aromatic N) is 3. The number of nitrogens with one attached hydrogen (secondary N) is 1. The predicted molar refractivity (Wildman–Crippen MR) is 105 cm³/mol. The molecule has 0 radical (unpaired) electrons. The third-order valence-corrected chi connectivity index (χ3v) is 4.44. The van der Waals surface area contributed by atoms with Crippen molar-refractivity contribution in [3.63, 3.8) is 0 Å². The first kappa shape index (κ1) is 17.7. The molecule has 1 amide bonds. The van der Waals surface area contributed by atoms with E-state index < -0.39 is 0 Å². The molecule has 3 rings (SSSR count). The van der Waals surface area contributed by atoms with Gasteiger partial charge < -0.3 is 10.2 Å². The molecular weight excluding hydrogens is 328 g/mol. The molecule has 0 unspecified atom stereocenters. The van der Waals surface area contributed by atoms with Gasteiger partial charge >= 0.3 is 0 Å². The van der Waals surface area contributed by atoms with Crippen LogP contribution in [0.1, 0.15) is 11.1 Å². The molecule has 0 aliphatic rings. The number of carbonyl (C=O) groups is 1. The molecule has 0 bridgehead atoms. The van der Waals surface area contributed by atoms with Crippen molar-refractivity contribution in [1.82, 2.24) is 9.78 Å². The minimum atomic E-state index is -0.284. The molecular formula is C20H22N4O2. The molecule has 6 nitrogen and oxygen atoms in total. The van der Waals surface area contributed by atoms with Gasteiger partial charge in [0.1, 0.15) is 6.54 Å². The van der Waals surface area contributed by atoms with Crippen molar-refractivity contribution >= 4 is 28.2 Å². The lowest BCUT2D eigenvalue weighted by molar-refractivity contribution is -0.117. The predicted octanol–water partition coefficient (Wildman–Crippen LogP) is 2.72. The summed E-state index contributed by atoms with van der Waals surface area (Å²) in [6, 6.07) is 13.0. The second-order valence-electron chi connectivity index (χ2n) is 6.52. The molecule has 26 heavy (non-hydrogen) atoms. The van der Waals surface area contributed by atoms with Gasteiger partial charge in [0.05, 0.1) is 5.39 Å². The van der Waals surface area contributed by atoms with Crippen LogP contribution in [0.3, 0.4) is 0 Å². The summed E-state index contributed by atoms with van der Waals surface area (Å²) in [6.45, 7) is 3.80. The van der Waals surface area contributed by atoms with Crippen LogP contribution in [0.4, 0.5) is 11.5 Å². The molecule has 1 heterocycles. The smallest absolute Gasteiger partial charge is 0.275 e. The molecule has 3 aromatic rings. The van der Waals surface area contributed by atoms with Gasteiger partial charge in [-0.15, -0.1) is 0 Å². The van der Waals surface area contributed by atoms with Gasteiger partial charge in [0, 0.05) is 25.2 Å². The van der Waals surface area contributed by atoms with E-state index in [1.54, 1.807) is 6.07 Å². The third kappa shape index (κ3) is 3.31. The number of anilines is 2. The monoisotopic (exact) mass is 350 g/mol. The molecule has 2 aromatic carbocycles. The van der Waals surface area contributed by atoms with Gasteiger partial charge in [0.25, 0.3) is 5.56 Å². The largest absolute Gasteiger partial charge is 0.361 e. The minimum absolute atomic E-state index is 0.141. The summed E-state index contributed by atoms with van der Waals surface area (Å²) in [5, 5.41) is 8.58. The number of fused-ring (bicyclic) bond motifs is 1. The number of rotatable bonds is 4. The van der Waals surface area contributed by atoms with Gasteiger partial charge in [-0.3, -0.25) is 9.59 Å². The molecule has 0 saturated heterocycles. The highest BCUT2D eigenvalue weighted by Crippen LogP contribution is 2.20. The SMILES string of the molecule is Cc1cccc(NC(=O)Cn2nc(N(C)C)c3ccccc3c2=O)c1C. The van der Waals surface area contributed by atoms with Gasteiger partial charge in [-0.2, -0.15) is 5.10 Å². The van der Waals surface area contributed by atoms with Crippen molar-refractivity contribution in [2.45, 2.75) is 20.4 Å². The summed E-state index contributed by atoms with van der Waals surface area (Å²) >= 11 is 0. The molecule has 0 aliphatic carbocycles. The maximum absolute atomic E-state index is 12.7. The van der Waals surface area contributed by atoms with E-state index in [2.05, 4.69) is 10.4 Å². The van der Waals surface area contributed by atoms with Crippen molar-refractivity contribution in [2.75, 3.05) is 24.3 Å². The highest BCUT2D eigenvalue weighted by Gasteiger charge is 2.14. The molecule has 0 spiro atoms. The lowest BCUT2D eigenvalue weighted by Gasteiger charge is -2.16. The summed E-state index contributed by atoms with van der Waals surface area (Å²) < 4.78 is 1.22. The average molecular weight is 350 g/mol. The summed E-state index contributed by atoms with van der Waals surface area (Å²) in [5.41, 5.74) is 2.58. The number of hydrogen-bond acceptors (Lipinski definition) is 4. The summed E-state index contributed by atoms with van der Waals surface area (Å²) in [4.78, 5) is 27.0. The Balaban J connectivity index is 1.96. The lowest BCUT2D eigenvalue weighted by Crippen LogP contribution is -2.31. The summed E-state index contributed by atoms with van der Waals surface area (Å²) in [6.07, 6.45) is 0. The Morgan fingerprint density at radius 2 is 1.77 bits per heavy atom. The number of aromatic nitrogens is 2. The van der Waals surface area contributed by atoms with Crippen LogP contribution < -0.4 is 15.8 Å². The van der Waals surface area contributed by atoms with E-state index in [4.69, 9.17) is 0 Å². The number of aryl methyl sites for hydroxylation is 1. The zero-order chi connectivity index (χ0) is 18.8. The number of amides is 1. The van der Waals surface area contributed by atoms with Crippen LogP contribution in [0, 0.1) is 13.8 Å². The third-order valence-electron chi connectivity index (χ3n) is 4.44. The quantitative estimate of drug-likeness (QED) is 0.786. The van der Waals surface area contributed by atoms with Crippen LogP contribution >= 0.6 is 0 Å². The van der Waals surface area contributed by atoms with Gasteiger partial charge in [0.15, 0.2) is 5.82 Å². The van der Waals surface area contributed by atoms with E-state index in [-0.39, 0.29) is 18.0 Å². The second-order valence-corrected chi connectivity index (χ2v) is 6.52. The van der Waals surface area contributed by atoms with Crippen LogP contribution in [0.5, 0.6) is 0 Å². The van der Waals surface area contributed by atoms with E-state index in [1.807, 2.05) is 69.2 Å². The van der Waals surface area contributed by atoms with Crippen LogP contribution in [-0.4, -0.2) is 29.8 Å². The number of hydrogen-bond donors (Lipinski definition) is 1. The van der Waals surface area contributed by atoms with Crippen LogP contribution in [0.25, 0.3) is 10.8 Å². The fraction of sp³-hybridized carbons (Fsp3) is 0.250. The molecule has 0 atom stereocenters. The average Bonchev–Trinajstić information content (AvgIpc) is 2.61. The van der Waals surface area contributed by atoms with E-state index >= 15 is 0 Å². The Morgan fingerprint density at radius 1 is 1.08 bits per heavy atom. The van der Waals surface area contributed by atoms with Crippen LogP contribution in [0.2, 0.25) is 0 Å². The van der Waals surface area contributed by atoms with E-state index in [0.717, 1.165) is 22.2 Å². The second kappa shape index (κ2) is 7.00. The molecule has 1 N–H and O–H groups in total.